The number of alkyl halides is 1. The summed E-state index contributed by atoms with van der Waals surface area (Å²) in [5, 5.41) is 0.771. The van der Waals surface area contributed by atoms with Crippen LogP contribution in [-0.2, 0) is 6.42 Å². The predicted octanol–water partition coefficient (Wildman–Crippen LogP) is 4.61. The van der Waals surface area contributed by atoms with E-state index in [1.54, 1.807) is 12.5 Å². The van der Waals surface area contributed by atoms with E-state index in [-0.39, 0.29) is 4.83 Å². The normalized spacial score (nSPS) is 12.7. The van der Waals surface area contributed by atoms with Crippen LogP contribution < -0.4 is 0 Å². The van der Waals surface area contributed by atoms with Crippen molar-refractivity contribution in [3.63, 3.8) is 0 Å². The molecule has 0 N–H and O–H groups in total. The number of benzene rings is 1. The molecule has 0 saturated heterocycles. The van der Waals surface area contributed by atoms with Gasteiger partial charge in [0, 0.05) is 15.4 Å². The van der Waals surface area contributed by atoms with E-state index >= 15 is 0 Å². The number of halogens is 2. The van der Waals surface area contributed by atoms with Crippen LogP contribution in [-0.4, -0.2) is 0 Å². The Bertz CT molecular complexity index is 408. The Labute approximate surface area is 102 Å². The summed E-state index contributed by atoms with van der Waals surface area (Å²) < 4.78 is 5.04. The van der Waals surface area contributed by atoms with Crippen LogP contribution in [0.1, 0.15) is 16.0 Å². The summed E-state index contributed by atoms with van der Waals surface area (Å²) in [6, 6.07) is 9.86. The lowest BCUT2D eigenvalue weighted by molar-refractivity contribution is 0.563. The van der Waals surface area contributed by atoms with Gasteiger partial charge >= 0.3 is 0 Å². The Morgan fingerprint density at radius 3 is 2.53 bits per heavy atom. The minimum absolute atomic E-state index is 0.289. The number of hydrogen-bond acceptors (Lipinski definition) is 1. The fraction of sp³-hybridized carbons (Fsp3) is 0.167. The third-order valence-corrected chi connectivity index (χ3v) is 3.34. The first-order valence-electron chi connectivity index (χ1n) is 4.66. The largest absolute Gasteiger partial charge is 0.472 e. The van der Waals surface area contributed by atoms with Gasteiger partial charge in [0.05, 0.1) is 12.5 Å². The molecule has 3 heteroatoms. The van der Waals surface area contributed by atoms with Crippen molar-refractivity contribution in [1.29, 1.82) is 0 Å². The quantitative estimate of drug-likeness (QED) is 0.751. The topological polar surface area (TPSA) is 13.1 Å². The molecule has 2 rings (SSSR count). The van der Waals surface area contributed by atoms with Gasteiger partial charge in [-0.15, -0.1) is 0 Å². The van der Waals surface area contributed by atoms with Crippen molar-refractivity contribution in [1.82, 2.24) is 0 Å². The van der Waals surface area contributed by atoms with E-state index in [0.717, 1.165) is 17.0 Å². The highest BCUT2D eigenvalue weighted by Gasteiger charge is 2.09. The van der Waals surface area contributed by atoms with Crippen molar-refractivity contribution in [3.8, 4) is 0 Å². The van der Waals surface area contributed by atoms with E-state index in [1.165, 1.54) is 5.56 Å². The molecule has 0 saturated carbocycles. The van der Waals surface area contributed by atoms with Gasteiger partial charge in [-0.2, -0.15) is 0 Å². The van der Waals surface area contributed by atoms with Gasteiger partial charge in [0.15, 0.2) is 0 Å². The minimum Gasteiger partial charge on any atom is -0.472 e. The first kappa shape index (κ1) is 10.8. The van der Waals surface area contributed by atoms with Crippen LogP contribution in [0.25, 0.3) is 0 Å². The average Bonchev–Trinajstić information content (AvgIpc) is 2.74. The molecule has 0 bridgehead atoms. The van der Waals surface area contributed by atoms with Gasteiger partial charge in [-0.25, -0.2) is 0 Å². The lowest BCUT2D eigenvalue weighted by Crippen LogP contribution is -1.93. The molecule has 2 aromatic rings. The molecule has 1 unspecified atom stereocenters. The molecule has 15 heavy (non-hydrogen) atoms. The highest BCUT2D eigenvalue weighted by molar-refractivity contribution is 9.09. The van der Waals surface area contributed by atoms with Crippen LogP contribution in [0.5, 0.6) is 0 Å². The highest BCUT2D eigenvalue weighted by atomic mass is 79.9. The smallest absolute Gasteiger partial charge is 0.0946 e. The fourth-order valence-corrected chi connectivity index (χ4v) is 2.16. The van der Waals surface area contributed by atoms with Crippen LogP contribution in [0.2, 0.25) is 5.02 Å². The van der Waals surface area contributed by atoms with Crippen molar-refractivity contribution in [2.75, 3.05) is 0 Å². The second-order valence-corrected chi connectivity index (χ2v) is 4.90. The molecule has 0 amide bonds. The van der Waals surface area contributed by atoms with E-state index in [2.05, 4.69) is 15.9 Å². The van der Waals surface area contributed by atoms with Gasteiger partial charge in [0.2, 0.25) is 0 Å². The van der Waals surface area contributed by atoms with Crippen LogP contribution in [0.3, 0.4) is 0 Å². The van der Waals surface area contributed by atoms with E-state index < -0.39 is 0 Å². The average molecular weight is 286 g/mol. The Morgan fingerprint density at radius 2 is 1.93 bits per heavy atom. The molecule has 1 heterocycles. The van der Waals surface area contributed by atoms with Crippen molar-refractivity contribution in [2.24, 2.45) is 0 Å². The molecular formula is C12H10BrClO. The summed E-state index contributed by atoms with van der Waals surface area (Å²) in [5.74, 6) is 0. The molecule has 0 aliphatic carbocycles. The van der Waals surface area contributed by atoms with Gasteiger partial charge < -0.3 is 4.42 Å². The standard InChI is InChI=1S/C12H10BrClO/c13-12(10-5-6-15-8-10)7-9-1-3-11(14)4-2-9/h1-6,8,12H,7H2. The predicted molar refractivity (Wildman–Crippen MR) is 65.5 cm³/mol. The molecule has 78 valence electrons. The molecule has 0 spiro atoms. The summed E-state index contributed by atoms with van der Waals surface area (Å²) >= 11 is 9.45. The third kappa shape index (κ3) is 2.86. The molecule has 1 aromatic carbocycles. The van der Waals surface area contributed by atoms with Gasteiger partial charge in [-0.1, -0.05) is 39.7 Å². The molecule has 0 aliphatic heterocycles. The number of hydrogen-bond donors (Lipinski definition) is 0. The zero-order valence-electron chi connectivity index (χ0n) is 7.99. The zero-order chi connectivity index (χ0) is 10.7. The second kappa shape index (κ2) is 4.86. The fourth-order valence-electron chi connectivity index (χ4n) is 1.40. The van der Waals surface area contributed by atoms with E-state index in [9.17, 15) is 0 Å². The van der Waals surface area contributed by atoms with Gasteiger partial charge in [0.1, 0.15) is 0 Å². The van der Waals surface area contributed by atoms with Crippen LogP contribution in [0, 0.1) is 0 Å². The number of rotatable bonds is 3. The summed E-state index contributed by atoms with van der Waals surface area (Å²) in [7, 11) is 0. The Kier molecular flexibility index (Phi) is 3.49. The van der Waals surface area contributed by atoms with Gasteiger partial charge in [0.25, 0.3) is 0 Å². The summed E-state index contributed by atoms with van der Waals surface area (Å²) in [6.45, 7) is 0. The maximum absolute atomic E-state index is 5.82. The minimum atomic E-state index is 0.289. The van der Waals surface area contributed by atoms with E-state index in [4.69, 9.17) is 16.0 Å². The molecular weight excluding hydrogens is 275 g/mol. The number of furan rings is 1. The monoisotopic (exact) mass is 284 g/mol. The van der Waals surface area contributed by atoms with Crippen molar-refractivity contribution < 1.29 is 4.42 Å². The van der Waals surface area contributed by atoms with E-state index in [0.29, 0.717) is 0 Å². The second-order valence-electron chi connectivity index (χ2n) is 3.35. The highest BCUT2D eigenvalue weighted by Crippen LogP contribution is 2.27. The van der Waals surface area contributed by atoms with Crippen molar-refractivity contribution in [2.45, 2.75) is 11.2 Å². The molecule has 1 aromatic heterocycles. The molecule has 1 nitrogen and oxygen atoms in total. The molecule has 0 radical (unpaired) electrons. The first-order chi connectivity index (χ1) is 7.25. The van der Waals surface area contributed by atoms with Crippen molar-refractivity contribution in [3.05, 3.63) is 59.0 Å². The van der Waals surface area contributed by atoms with Crippen LogP contribution in [0.4, 0.5) is 0 Å². The summed E-state index contributed by atoms with van der Waals surface area (Å²) in [6.07, 6.45) is 4.37. The lowest BCUT2D eigenvalue weighted by Gasteiger charge is -2.07. The Morgan fingerprint density at radius 1 is 1.20 bits per heavy atom. The summed E-state index contributed by atoms with van der Waals surface area (Å²) in [4.78, 5) is 0.289. The SMILES string of the molecule is Clc1ccc(CC(Br)c2ccoc2)cc1. The maximum atomic E-state index is 5.82. The Balaban J connectivity index is 2.06. The van der Waals surface area contributed by atoms with Crippen LogP contribution in [0.15, 0.2) is 47.3 Å². The molecule has 0 aliphatic rings. The van der Waals surface area contributed by atoms with Crippen LogP contribution >= 0.6 is 27.5 Å². The molecule has 0 fully saturated rings. The maximum Gasteiger partial charge on any atom is 0.0946 e. The molecule has 1 atom stereocenters. The van der Waals surface area contributed by atoms with Gasteiger partial charge in [-0.3, -0.25) is 0 Å². The lowest BCUT2D eigenvalue weighted by atomic mass is 10.1. The Hall–Kier alpha value is -0.730. The van der Waals surface area contributed by atoms with Crippen molar-refractivity contribution >= 4 is 27.5 Å². The first-order valence-corrected chi connectivity index (χ1v) is 5.95. The summed E-state index contributed by atoms with van der Waals surface area (Å²) in [5.41, 5.74) is 2.41. The van der Waals surface area contributed by atoms with E-state index in [1.807, 2.05) is 30.3 Å². The third-order valence-electron chi connectivity index (χ3n) is 2.23. The van der Waals surface area contributed by atoms with Gasteiger partial charge in [-0.05, 0) is 30.2 Å². The zero-order valence-corrected chi connectivity index (χ0v) is 10.3.